The van der Waals surface area contributed by atoms with Crippen molar-refractivity contribution in [3.8, 4) is 5.69 Å². The molecule has 1 aromatic heterocycles. The second kappa shape index (κ2) is 3.97. The molecule has 0 bridgehead atoms. The molecular formula is C10H9F2N3O. The highest BCUT2D eigenvalue weighted by atomic mass is 19.1. The number of rotatable bonds is 2. The van der Waals surface area contributed by atoms with Crippen LogP contribution in [0.5, 0.6) is 0 Å². The second-order valence-electron chi connectivity index (χ2n) is 3.36. The Labute approximate surface area is 90.1 Å². The molecule has 0 fully saturated rings. The van der Waals surface area contributed by atoms with Gasteiger partial charge < -0.3 is 5.11 Å². The molecule has 0 aliphatic rings. The Morgan fingerprint density at radius 1 is 1.38 bits per heavy atom. The van der Waals surface area contributed by atoms with Crippen LogP contribution in [0.2, 0.25) is 0 Å². The molecule has 0 saturated carbocycles. The SMILES string of the molecule is CC(O)c1cn(-c2cc(F)ccc2F)nn1. The highest BCUT2D eigenvalue weighted by molar-refractivity contribution is 5.33. The first-order chi connectivity index (χ1) is 7.58. The van der Waals surface area contributed by atoms with Crippen LogP contribution in [0.25, 0.3) is 5.69 Å². The number of aliphatic hydroxyl groups excluding tert-OH is 1. The number of aliphatic hydroxyl groups is 1. The van der Waals surface area contributed by atoms with Gasteiger partial charge in [0, 0.05) is 6.07 Å². The smallest absolute Gasteiger partial charge is 0.149 e. The average Bonchev–Trinajstić information content (AvgIpc) is 2.70. The summed E-state index contributed by atoms with van der Waals surface area (Å²) in [7, 11) is 0. The summed E-state index contributed by atoms with van der Waals surface area (Å²) in [6.45, 7) is 1.51. The molecule has 0 aliphatic carbocycles. The van der Waals surface area contributed by atoms with Crippen molar-refractivity contribution < 1.29 is 13.9 Å². The van der Waals surface area contributed by atoms with Crippen molar-refractivity contribution in [3.63, 3.8) is 0 Å². The summed E-state index contributed by atoms with van der Waals surface area (Å²) >= 11 is 0. The third kappa shape index (κ3) is 1.92. The first-order valence-electron chi connectivity index (χ1n) is 4.63. The monoisotopic (exact) mass is 225 g/mol. The van der Waals surface area contributed by atoms with Gasteiger partial charge in [-0.15, -0.1) is 5.10 Å². The molecule has 16 heavy (non-hydrogen) atoms. The van der Waals surface area contributed by atoms with Crippen LogP contribution in [0.3, 0.4) is 0 Å². The minimum absolute atomic E-state index is 0.0422. The van der Waals surface area contributed by atoms with Crippen LogP contribution in [-0.4, -0.2) is 20.1 Å². The summed E-state index contributed by atoms with van der Waals surface area (Å²) in [5.41, 5.74) is 0.253. The van der Waals surface area contributed by atoms with Crippen molar-refractivity contribution >= 4 is 0 Å². The number of hydrogen-bond donors (Lipinski definition) is 1. The lowest BCUT2D eigenvalue weighted by atomic mass is 10.3. The molecule has 2 aromatic rings. The summed E-state index contributed by atoms with van der Waals surface area (Å²) in [4.78, 5) is 0. The minimum Gasteiger partial charge on any atom is -0.387 e. The maximum Gasteiger partial charge on any atom is 0.149 e. The topological polar surface area (TPSA) is 50.9 Å². The van der Waals surface area contributed by atoms with Crippen LogP contribution >= 0.6 is 0 Å². The van der Waals surface area contributed by atoms with Crippen LogP contribution in [0.15, 0.2) is 24.4 Å². The van der Waals surface area contributed by atoms with Crippen LogP contribution in [0.1, 0.15) is 18.7 Å². The molecule has 2 rings (SSSR count). The minimum atomic E-state index is -0.801. The number of halogens is 2. The van der Waals surface area contributed by atoms with E-state index in [4.69, 9.17) is 0 Å². The molecular weight excluding hydrogens is 216 g/mol. The van der Waals surface area contributed by atoms with E-state index >= 15 is 0 Å². The maximum absolute atomic E-state index is 13.3. The van der Waals surface area contributed by atoms with Crippen molar-refractivity contribution in [1.82, 2.24) is 15.0 Å². The van der Waals surface area contributed by atoms with E-state index in [0.29, 0.717) is 5.69 Å². The first kappa shape index (κ1) is 10.7. The van der Waals surface area contributed by atoms with Gasteiger partial charge in [0.1, 0.15) is 23.0 Å². The Bertz CT molecular complexity index is 511. The van der Waals surface area contributed by atoms with Crippen LogP contribution in [0.4, 0.5) is 8.78 Å². The predicted molar refractivity (Wildman–Crippen MR) is 51.9 cm³/mol. The quantitative estimate of drug-likeness (QED) is 0.844. The van der Waals surface area contributed by atoms with Gasteiger partial charge in [0.25, 0.3) is 0 Å². The number of nitrogens with zero attached hydrogens (tertiary/aromatic N) is 3. The molecule has 0 radical (unpaired) electrons. The van der Waals surface area contributed by atoms with Crippen molar-refractivity contribution in [2.24, 2.45) is 0 Å². The van der Waals surface area contributed by atoms with Gasteiger partial charge in [0.2, 0.25) is 0 Å². The summed E-state index contributed by atoms with van der Waals surface area (Å²) in [5, 5.41) is 16.5. The van der Waals surface area contributed by atoms with E-state index in [1.165, 1.54) is 13.1 Å². The molecule has 4 nitrogen and oxygen atoms in total. The van der Waals surface area contributed by atoms with E-state index in [-0.39, 0.29) is 5.69 Å². The molecule has 1 atom stereocenters. The normalized spacial score (nSPS) is 12.8. The lowest BCUT2D eigenvalue weighted by Gasteiger charge is -2.01. The zero-order chi connectivity index (χ0) is 11.7. The van der Waals surface area contributed by atoms with E-state index in [2.05, 4.69) is 10.3 Å². The second-order valence-corrected chi connectivity index (χ2v) is 3.36. The molecule has 1 heterocycles. The number of benzene rings is 1. The Morgan fingerprint density at radius 2 is 2.12 bits per heavy atom. The highest BCUT2D eigenvalue weighted by Crippen LogP contribution is 2.15. The predicted octanol–water partition coefficient (Wildman–Crippen LogP) is 1.60. The van der Waals surface area contributed by atoms with Gasteiger partial charge in [-0.3, -0.25) is 0 Å². The maximum atomic E-state index is 13.3. The Balaban J connectivity index is 2.46. The summed E-state index contributed by atoms with van der Waals surface area (Å²) in [6, 6.07) is 3.04. The molecule has 1 unspecified atom stereocenters. The summed E-state index contributed by atoms with van der Waals surface area (Å²) in [6.07, 6.45) is 0.549. The Hall–Kier alpha value is -1.82. The molecule has 0 amide bonds. The van der Waals surface area contributed by atoms with Gasteiger partial charge in [0.15, 0.2) is 0 Å². The number of aromatic nitrogens is 3. The molecule has 1 N–H and O–H groups in total. The summed E-state index contributed by atoms with van der Waals surface area (Å²) < 4.78 is 27.4. The van der Waals surface area contributed by atoms with E-state index in [9.17, 15) is 13.9 Å². The first-order valence-corrected chi connectivity index (χ1v) is 4.63. The lowest BCUT2D eigenvalue weighted by Crippen LogP contribution is -1.99. The molecule has 84 valence electrons. The van der Waals surface area contributed by atoms with Gasteiger partial charge in [-0.25, -0.2) is 13.5 Å². The van der Waals surface area contributed by atoms with Crippen LogP contribution in [-0.2, 0) is 0 Å². The lowest BCUT2D eigenvalue weighted by molar-refractivity contribution is 0.194. The highest BCUT2D eigenvalue weighted by Gasteiger charge is 2.11. The van der Waals surface area contributed by atoms with E-state index in [1.807, 2.05) is 0 Å². The molecule has 6 heteroatoms. The van der Waals surface area contributed by atoms with E-state index in [0.717, 1.165) is 22.9 Å². The van der Waals surface area contributed by atoms with Gasteiger partial charge in [-0.2, -0.15) is 0 Å². The molecule has 0 saturated heterocycles. The fourth-order valence-corrected chi connectivity index (χ4v) is 1.25. The fraction of sp³-hybridized carbons (Fsp3) is 0.200. The van der Waals surface area contributed by atoms with Crippen molar-refractivity contribution in [2.45, 2.75) is 13.0 Å². The van der Waals surface area contributed by atoms with Gasteiger partial charge in [-0.05, 0) is 19.1 Å². The van der Waals surface area contributed by atoms with Crippen molar-refractivity contribution in [2.75, 3.05) is 0 Å². The largest absolute Gasteiger partial charge is 0.387 e. The van der Waals surface area contributed by atoms with Gasteiger partial charge in [-0.1, -0.05) is 5.21 Å². The molecule has 0 aliphatic heterocycles. The van der Waals surface area contributed by atoms with Crippen molar-refractivity contribution in [3.05, 3.63) is 41.7 Å². The third-order valence-corrected chi connectivity index (χ3v) is 2.09. The van der Waals surface area contributed by atoms with Crippen molar-refractivity contribution in [1.29, 1.82) is 0 Å². The average molecular weight is 225 g/mol. The zero-order valence-corrected chi connectivity index (χ0v) is 8.43. The van der Waals surface area contributed by atoms with Gasteiger partial charge in [0.05, 0.1) is 12.3 Å². The van der Waals surface area contributed by atoms with E-state index < -0.39 is 17.7 Å². The van der Waals surface area contributed by atoms with E-state index in [1.54, 1.807) is 0 Å². The third-order valence-electron chi connectivity index (χ3n) is 2.09. The standard InChI is InChI=1S/C10H9F2N3O/c1-6(16)9-5-15(14-13-9)10-4-7(11)2-3-8(10)12/h2-6,16H,1H3. The van der Waals surface area contributed by atoms with Crippen LogP contribution < -0.4 is 0 Å². The molecule has 0 spiro atoms. The zero-order valence-electron chi connectivity index (χ0n) is 8.43. The van der Waals surface area contributed by atoms with Gasteiger partial charge >= 0.3 is 0 Å². The Kier molecular flexibility index (Phi) is 2.66. The molecule has 1 aromatic carbocycles. The fourth-order valence-electron chi connectivity index (χ4n) is 1.25. The Morgan fingerprint density at radius 3 is 2.75 bits per heavy atom. The summed E-state index contributed by atoms with van der Waals surface area (Å²) in [5.74, 6) is -1.17. The number of hydrogen-bond acceptors (Lipinski definition) is 3. The van der Waals surface area contributed by atoms with Crippen LogP contribution in [0, 0.1) is 11.6 Å².